The Morgan fingerprint density at radius 3 is 1.33 bits per heavy atom. The summed E-state index contributed by atoms with van der Waals surface area (Å²) in [4.78, 5) is 37.8. The fourth-order valence-electron chi connectivity index (χ4n) is 8.44. The first kappa shape index (κ1) is 77.6. The molecule has 0 aromatic carbocycles. The zero-order valence-electron chi connectivity index (χ0n) is 52.9. The molecule has 0 fully saturated rings. The lowest BCUT2D eigenvalue weighted by molar-refractivity contribution is -0.870. The first-order valence-corrected chi connectivity index (χ1v) is 33.9. The Hall–Kier alpha value is -4.37. The van der Waals surface area contributed by atoms with Crippen LogP contribution in [0, 0.1) is 0 Å². The van der Waals surface area contributed by atoms with Gasteiger partial charge in [-0.1, -0.05) is 275 Å². The molecule has 2 N–H and O–H groups in total. The van der Waals surface area contributed by atoms with Crippen LogP contribution in [0.5, 0.6) is 0 Å². The Morgan fingerprint density at radius 1 is 0.451 bits per heavy atom. The van der Waals surface area contributed by atoms with E-state index in [2.05, 4.69) is 111 Å². The first-order chi connectivity index (χ1) is 39.9. The van der Waals surface area contributed by atoms with Crippen LogP contribution >= 0.6 is 7.82 Å². The molecular formula is C72H120N2O7P+. The second-order valence-corrected chi connectivity index (χ2v) is 23.8. The number of phosphoric ester groups is 1. The average Bonchev–Trinajstić information content (AvgIpc) is 3.44. The van der Waals surface area contributed by atoms with Crippen molar-refractivity contribution in [3.63, 3.8) is 0 Å². The van der Waals surface area contributed by atoms with Crippen LogP contribution in [0.3, 0.4) is 0 Å². The predicted molar refractivity (Wildman–Crippen MR) is 355 cm³/mol. The summed E-state index contributed by atoms with van der Waals surface area (Å²) in [5.41, 5.74) is 0. The fourth-order valence-corrected chi connectivity index (χ4v) is 9.18. The highest BCUT2D eigenvalue weighted by atomic mass is 31.2. The number of nitrogens with zero attached hydrogens (tertiary/aromatic N) is 1. The van der Waals surface area contributed by atoms with E-state index in [-0.39, 0.29) is 31.5 Å². The maximum atomic E-state index is 13.6. The number of hydrogen-bond donors (Lipinski definition) is 2. The third-order valence-corrected chi connectivity index (χ3v) is 14.4. The van der Waals surface area contributed by atoms with Gasteiger partial charge in [-0.2, -0.15) is 0 Å². The molecule has 0 aromatic rings. The van der Waals surface area contributed by atoms with E-state index in [4.69, 9.17) is 13.8 Å². The van der Waals surface area contributed by atoms with E-state index in [1.54, 1.807) is 0 Å². The zero-order valence-corrected chi connectivity index (χ0v) is 53.8. The van der Waals surface area contributed by atoms with Gasteiger partial charge >= 0.3 is 13.8 Å². The molecular weight excluding hydrogens is 1040 g/mol. The maximum Gasteiger partial charge on any atom is 0.472 e. The molecule has 0 aliphatic heterocycles. The van der Waals surface area contributed by atoms with Crippen molar-refractivity contribution in [3.05, 3.63) is 158 Å². The van der Waals surface area contributed by atoms with E-state index < -0.39 is 20.0 Å². The number of carbonyl (C=O) groups excluding carboxylic acids is 2. The summed E-state index contributed by atoms with van der Waals surface area (Å²) in [6.07, 6.45) is 88.2. The van der Waals surface area contributed by atoms with Crippen molar-refractivity contribution in [1.29, 1.82) is 0 Å². The summed E-state index contributed by atoms with van der Waals surface area (Å²) in [5, 5.41) is 3.04. The highest BCUT2D eigenvalue weighted by Crippen LogP contribution is 2.43. The molecule has 0 aliphatic rings. The third-order valence-electron chi connectivity index (χ3n) is 13.4. The molecule has 10 heteroatoms. The van der Waals surface area contributed by atoms with E-state index in [1.807, 2.05) is 94.1 Å². The highest BCUT2D eigenvalue weighted by Gasteiger charge is 2.30. The molecule has 0 aliphatic carbocycles. The Morgan fingerprint density at radius 2 is 0.841 bits per heavy atom. The molecule has 9 nitrogen and oxygen atoms in total. The third kappa shape index (κ3) is 60.2. The lowest BCUT2D eigenvalue weighted by atomic mass is 10.0. The van der Waals surface area contributed by atoms with Crippen molar-refractivity contribution in [1.82, 2.24) is 5.32 Å². The molecule has 0 aromatic heterocycles. The number of phosphoric acid groups is 1. The van der Waals surface area contributed by atoms with Gasteiger partial charge in [0.25, 0.3) is 0 Å². The summed E-state index contributed by atoms with van der Waals surface area (Å²) in [7, 11) is 1.44. The van der Waals surface area contributed by atoms with Crippen LogP contribution in [0.25, 0.3) is 0 Å². The molecule has 0 rings (SSSR count). The van der Waals surface area contributed by atoms with Gasteiger partial charge in [0.15, 0.2) is 0 Å². The Labute approximate surface area is 503 Å². The predicted octanol–water partition coefficient (Wildman–Crippen LogP) is 20.4. The van der Waals surface area contributed by atoms with E-state index in [0.717, 1.165) is 116 Å². The second kappa shape index (κ2) is 59.8. The topological polar surface area (TPSA) is 111 Å². The molecule has 464 valence electrons. The monoisotopic (exact) mass is 1160 g/mol. The van der Waals surface area contributed by atoms with E-state index in [0.29, 0.717) is 23.9 Å². The normalized spacial score (nSPS) is 14.7. The molecule has 0 heterocycles. The lowest BCUT2D eigenvalue weighted by Crippen LogP contribution is -2.47. The van der Waals surface area contributed by atoms with Gasteiger partial charge in [0.1, 0.15) is 19.3 Å². The van der Waals surface area contributed by atoms with E-state index >= 15 is 0 Å². The number of carbonyl (C=O) groups is 2. The first-order valence-electron chi connectivity index (χ1n) is 32.4. The van der Waals surface area contributed by atoms with Crippen molar-refractivity contribution in [3.8, 4) is 0 Å². The van der Waals surface area contributed by atoms with Crippen LogP contribution in [-0.2, 0) is 27.9 Å². The number of quaternary nitrogens is 1. The lowest BCUT2D eigenvalue weighted by Gasteiger charge is -2.27. The summed E-state index contributed by atoms with van der Waals surface area (Å²) < 4.78 is 30.7. The molecule has 0 saturated heterocycles. The van der Waals surface area contributed by atoms with Crippen molar-refractivity contribution in [2.75, 3.05) is 40.9 Å². The summed E-state index contributed by atoms with van der Waals surface area (Å²) in [6, 6.07) is -0.885. The maximum absolute atomic E-state index is 13.6. The number of allylic oxidation sites excluding steroid dienone is 25. The van der Waals surface area contributed by atoms with Crippen LogP contribution in [0.4, 0.5) is 0 Å². The van der Waals surface area contributed by atoms with Gasteiger partial charge in [-0.15, -0.1) is 0 Å². The summed E-state index contributed by atoms with van der Waals surface area (Å²) in [6.45, 7) is 6.69. The van der Waals surface area contributed by atoms with E-state index in [1.165, 1.54) is 77.0 Å². The molecule has 0 saturated carbocycles. The smallest absolute Gasteiger partial charge is 0.456 e. The Kier molecular flexibility index (Phi) is 56.6. The number of hydrogen-bond acceptors (Lipinski definition) is 6. The largest absolute Gasteiger partial charge is 0.472 e. The minimum absolute atomic E-state index is 0.0213. The van der Waals surface area contributed by atoms with E-state index in [9.17, 15) is 19.0 Å². The molecule has 0 bridgehead atoms. The Balaban J connectivity index is 5.24. The van der Waals surface area contributed by atoms with Gasteiger partial charge in [0, 0.05) is 12.8 Å². The quantitative estimate of drug-likeness (QED) is 0.0156. The molecule has 3 unspecified atom stereocenters. The molecule has 0 spiro atoms. The number of esters is 1. The highest BCUT2D eigenvalue weighted by molar-refractivity contribution is 7.47. The van der Waals surface area contributed by atoms with Crippen LogP contribution in [-0.4, -0.2) is 74.3 Å². The van der Waals surface area contributed by atoms with Gasteiger partial charge in [-0.3, -0.25) is 18.6 Å². The van der Waals surface area contributed by atoms with Gasteiger partial charge < -0.3 is 19.4 Å². The number of rotatable bonds is 56. The van der Waals surface area contributed by atoms with Crippen LogP contribution < -0.4 is 5.32 Å². The van der Waals surface area contributed by atoms with Gasteiger partial charge in [-0.25, -0.2) is 4.57 Å². The SMILES string of the molecule is CC\C=C/C=C/C=C/C=C\C=C\C=C\CCCCCC(=O)OC(/C=C\CCCCCCCCCCCC)C(COP(=O)(O)OCC[N+](C)(C)C)NC(=O)CCCCCCCCCC/C=C\C/C=C\C/C=C\C/C=C\C/C=C\C/C=C\CC. The standard InChI is InChI=1S/C72H119N2O7P/c1-7-10-13-16-19-22-25-28-30-32-33-34-35-36-37-38-39-40-41-43-44-46-49-52-55-58-61-64-71(75)73-69(68-80-82(77,78)79-67-66-74(4,5)6)70(63-60-57-54-51-48-27-24-21-18-15-12-9-3)81-72(76)65-62-59-56-53-50-47-45-42-31-29-26-23-20-17-14-11-8-2/h10-11,13-14,17,19-20,22-23,26,28-31,33-34,36-37,39-40,42,45,47,50,60,63,69-70H,7-9,12,15-16,18,21,24-25,27,32,35,38,41,43-44,46,48-49,51-59,61-62,64-68H2,1-6H3,(H-,73,75,77,78)/p+1/b13-10-,14-11-,20-17+,22-19-,26-23+,30-28-,31-29-,34-33-,37-36-,40-39-,45-42+,50-47+,63-60-. The van der Waals surface area contributed by atoms with Crippen molar-refractivity contribution in [2.45, 2.75) is 245 Å². The number of unbranched alkanes of at least 4 members (excludes halogenated alkanes) is 21. The van der Waals surface area contributed by atoms with Gasteiger partial charge in [0.05, 0.1) is 33.8 Å². The summed E-state index contributed by atoms with van der Waals surface area (Å²) in [5.74, 6) is -0.578. The fraction of sp³-hybridized carbons (Fsp3) is 0.611. The Bertz CT molecular complexity index is 1960. The van der Waals surface area contributed by atoms with Crippen molar-refractivity contribution >= 4 is 19.7 Å². The number of amides is 1. The molecule has 3 atom stereocenters. The minimum atomic E-state index is -4.48. The van der Waals surface area contributed by atoms with Gasteiger partial charge in [0.2, 0.25) is 5.91 Å². The number of ether oxygens (including phenoxy) is 1. The molecule has 0 radical (unpaired) electrons. The molecule has 82 heavy (non-hydrogen) atoms. The number of likely N-dealkylation sites (N-methyl/N-ethyl adjacent to an activating group) is 1. The van der Waals surface area contributed by atoms with Crippen LogP contribution in [0.1, 0.15) is 233 Å². The minimum Gasteiger partial charge on any atom is -0.456 e. The van der Waals surface area contributed by atoms with Crippen molar-refractivity contribution in [2.24, 2.45) is 0 Å². The summed E-state index contributed by atoms with van der Waals surface area (Å²) >= 11 is 0. The van der Waals surface area contributed by atoms with Crippen LogP contribution in [0.15, 0.2) is 158 Å². The zero-order chi connectivity index (χ0) is 60.0. The van der Waals surface area contributed by atoms with Gasteiger partial charge in [-0.05, 0) is 102 Å². The van der Waals surface area contributed by atoms with Crippen LogP contribution in [0.2, 0.25) is 0 Å². The number of nitrogens with one attached hydrogen (secondary N) is 1. The van der Waals surface area contributed by atoms with Crippen molar-refractivity contribution < 1.29 is 37.3 Å². The second-order valence-electron chi connectivity index (χ2n) is 22.3. The molecule has 1 amide bonds. The average molecular weight is 1160 g/mol.